The van der Waals surface area contributed by atoms with Crippen molar-refractivity contribution in [2.24, 2.45) is 0 Å². The standard InChI is InChI=1S/C17H16N2O/c1-11-7-6-10-16(12(11)2)20-17-15-9-5-4-8-14(15)13(3)18-19-17/h4-10H,1-3H3. The van der Waals surface area contributed by atoms with E-state index in [9.17, 15) is 0 Å². The van der Waals surface area contributed by atoms with Crippen LogP contribution in [0.3, 0.4) is 0 Å². The van der Waals surface area contributed by atoms with Crippen LogP contribution in [0.4, 0.5) is 0 Å². The highest BCUT2D eigenvalue weighted by Crippen LogP contribution is 2.30. The molecule has 20 heavy (non-hydrogen) atoms. The second-order valence-electron chi connectivity index (χ2n) is 4.94. The molecule has 0 N–H and O–H groups in total. The summed E-state index contributed by atoms with van der Waals surface area (Å²) in [6, 6.07) is 14.0. The highest BCUT2D eigenvalue weighted by Gasteiger charge is 2.10. The van der Waals surface area contributed by atoms with E-state index in [4.69, 9.17) is 4.74 Å². The average molecular weight is 264 g/mol. The van der Waals surface area contributed by atoms with E-state index in [2.05, 4.69) is 30.1 Å². The Morgan fingerprint density at radius 1 is 0.800 bits per heavy atom. The van der Waals surface area contributed by atoms with Crippen molar-refractivity contribution in [3.8, 4) is 11.6 Å². The number of rotatable bonds is 2. The summed E-state index contributed by atoms with van der Waals surface area (Å²) in [6.45, 7) is 6.08. The van der Waals surface area contributed by atoms with Gasteiger partial charge in [-0.25, -0.2) is 0 Å². The first-order valence-corrected chi connectivity index (χ1v) is 6.63. The molecule has 100 valence electrons. The zero-order valence-corrected chi connectivity index (χ0v) is 11.8. The topological polar surface area (TPSA) is 35.0 Å². The second kappa shape index (κ2) is 4.93. The van der Waals surface area contributed by atoms with Gasteiger partial charge in [0.2, 0.25) is 5.88 Å². The van der Waals surface area contributed by atoms with Crippen molar-refractivity contribution in [1.29, 1.82) is 0 Å². The fourth-order valence-corrected chi connectivity index (χ4v) is 2.23. The fraction of sp³-hybridized carbons (Fsp3) is 0.176. The van der Waals surface area contributed by atoms with Gasteiger partial charge >= 0.3 is 0 Å². The van der Waals surface area contributed by atoms with Gasteiger partial charge in [0.1, 0.15) is 5.75 Å². The Labute approximate surface area is 118 Å². The third kappa shape index (κ3) is 2.11. The SMILES string of the molecule is Cc1cccc(Oc2nnc(C)c3ccccc23)c1C. The lowest BCUT2D eigenvalue weighted by molar-refractivity contribution is 0.457. The van der Waals surface area contributed by atoms with Gasteiger partial charge in [-0.1, -0.05) is 30.3 Å². The summed E-state index contributed by atoms with van der Waals surface area (Å²) in [5.41, 5.74) is 3.24. The highest BCUT2D eigenvalue weighted by atomic mass is 16.5. The molecule has 0 saturated heterocycles. The van der Waals surface area contributed by atoms with Gasteiger partial charge in [0.25, 0.3) is 0 Å². The van der Waals surface area contributed by atoms with Gasteiger partial charge in [-0.15, -0.1) is 5.10 Å². The Kier molecular flexibility index (Phi) is 3.11. The molecule has 0 amide bonds. The Morgan fingerprint density at radius 3 is 2.35 bits per heavy atom. The molecule has 0 saturated carbocycles. The number of ether oxygens (including phenoxy) is 1. The predicted molar refractivity (Wildman–Crippen MR) is 80.3 cm³/mol. The van der Waals surface area contributed by atoms with Crippen molar-refractivity contribution in [2.75, 3.05) is 0 Å². The Bertz CT molecular complexity index is 781. The summed E-state index contributed by atoms with van der Waals surface area (Å²) >= 11 is 0. The van der Waals surface area contributed by atoms with Crippen molar-refractivity contribution in [1.82, 2.24) is 10.2 Å². The first-order valence-electron chi connectivity index (χ1n) is 6.63. The number of aromatic nitrogens is 2. The van der Waals surface area contributed by atoms with E-state index in [0.717, 1.165) is 27.8 Å². The van der Waals surface area contributed by atoms with E-state index in [1.54, 1.807) is 0 Å². The zero-order chi connectivity index (χ0) is 14.1. The molecule has 0 atom stereocenters. The first kappa shape index (κ1) is 12.6. The maximum Gasteiger partial charge on any atom is 0.246 e. The molecule has 1 heterocycles. The van der Waals surface area contributed by atoms with Crippen LogP contribution in [0.15, 0.2) is 42.5 Å². The molecule has 0 bridgehead atoms. The largest absolute Gasteiger partial charge is 0.437 e. The van der Waals surface area contributed by atoms with Crippen LogP contribution >= 0.6 is 0 Å². The maximum absolute atomic E-state index is 5.98. The van der Waals surface area contributed by atoms with Crippen LogP contribution in [0.25, 0.3) is 10.8 Å². The number of fused-ring (bicyclic) bond motifs is 1. The van der Waals surface area contributed by atoms with Gasteiger partial charge in [-0.05, 0) is 44.0 Å². The Morgan fingerprint density at radius 2 is 1.55 bits per heavy atom. The zero-order valence-electron chi connectivity index (χ0n) is 11.8. The van der Waals surface area contributed by atoms with Crippen molar-refractivity contribution in [2.45, 2.75) is 20.8 Å². The molecule has 3 rings (SSSR count). The van der Waals surface area contributed by atoms with Crippen LogP contribution in [0.5, 0.6) is 11.6 Å². The third-order valence-electron chi connectivity index (χ3n) is 3.60. The van der Waals surface area contributed by atoms with Crippen LogP contribution in [0, 0.1) is 20.8 Å². The minimum absolute atomic E-state index is 0.555. The van der Waals surface area contributed by atoms with E-state index >= 15 is 0 Å². The molecular weight excluding hydrogens is 248 g/mol. The quantitative estimate of drug-likeness (QED) is 0.690. The van der Waals surface area contributed by atoms with Crippen LogP contribution in [0.2, 0.25) is 0 Å². The van der Waals surface area contributed by atoms with Gasteiger partial charge in [0.05, 0.1) is 5.69 Å². The van der Waals surface area contributed by atoms with E-state index in [-0.39, 0.29) is 0 Å². The molecule has 0 unspecified atom stereocenters. The molecule has 0 spiro atoms. The van der Waals surface area contributed by atoms with Crippen LogP contribution in [0.1, 0.15) is 16.8 Å². The normalized spacial score (nSPS) is 10.8. The van der Waals surface area contributed by atoms with Crippen LogP contribution in [-0.2, 0) is 0 Å². The molecule has 0 radical (unpaired) electrons. The summed E-state index contributed by atoms with van der Waals surface area (Å²) in [6.07, 6.45) is 0. The number of benzene rings is 2. The molecular formula is C17H16N2O. The number of aryl methyl sites for hydroxylation is 2. The molecule has 1 aromatic heterocycles. The van der Waals surface area contributed by atoms with E-state index < -0.39 is 0 Å². The molecule has 0 fully saturated rings. The average Bonchev–Trinajstić information content (AvgIpc) is 2.47. The summed E-state index contributed by atoms with van der Waals surface area (Å²) in [7, 11) is 0. The van der Waals surface area contributed by atoms with Gasteiger partial charge < -0.3 is 4.74 Å². The lowest BCUT2D eigenvalue weighted by Crippen LogP contribution is -1.96. The lowest BCUT2D eigenvalue weighted by Gasteiger charge is -2.11. The fourth-order valence-electron chi connectivity index (χ4n) is 2.23. The monoisotopic (exact) mass is 264 g/mol. The van der Waals surface area contributed by atoms with Gasteiger partial charge in [-0.3, -0.25) is 0 Å². The molecule has 0 aliphatic rings. The first-order chi connectivity index (χ1) is 9.66. The summed E-state index contributed by atoms with van der Waals surface area (Å²) in [5.74, 6) is 1.38. The van der Waals surface area contributed by atoms with E-state index in [0.29, 0.717) is 5.88 Å². The molecule has 0 aliphatic heterocycles. The van der Waals surface area contributed by atoms with E-state index in [1.165, 1.54) is 5.56 Å². The highest BCUT2D eigenvalue weighted by molar-refractivity contribution is 5.88. The molecule has 0 aliphatic carbocycles. The number of hydrogen-bond acceptors (Lipinski definition) is 3. The molecule has 2 aromatic carbocycles. The van der Waals surface area contributed by atoms with Gasteiger partial charge in [-0.2, -0.15) is 5.10 Å². The summed E-state index contributed by atoms with van der Waals surface area (Å²) in [5, 5.41) is 10.4. The minimum Gasteiger partial charge on any atom is -0.437 e. The molecule has 3 aromatic rings. The Balaban J connectivity index is 2.12. The third-order valence-corrected chi connectivity index (χ3v) is 3.60. The van der Waals surface area contributed by atoms with Gasteiger partial charge in [0.15, 0.2) is 0 Å². The van der Waals surface area contributed by atoms with Gasteiger partial charge in [0, 0.05) is 10.8 Å². The van der Waals surface area contributed by atoms with Crippen LogP contribution in [-0.4, -0.2) is 10.2 Å². The summed E-state index contributed by atoms with van der Waals surface area (Å²) < 4.78 is 5.98. The number of hydrogen-bond donors (Lipinski definition) is 0. The molecule has 3 heteroatoms. The lowest BCUT2D eigenvalue weighted by atomic mass is 10.1. The van der Waals surface area contributed by atoms with Crippen molar-refractivity contribution in [3.05, 3.63) is 59.3 Å². The smallest absolute Gasteiger partial charge is 0.246 e. The predicted octanol–water partition coefficient (Wildman–Crippen LogP) is 4.35. The maximum atomic E-state index is 5.98. The summed E-state index contributed by atoms with van der Waals surface area (Å²) in [4.78, 5) is 0. The van der Waals surface area contributed by atoms with Crippen molar-refractivity contribution in [3.63, 3.8) is 0 Å². The van der Waals surface area contributed by atoms with Crippen LogP contribution < -0.4 is 4.74 Å². The molecule has 3 nitrogen and oxygen atoms in total. The van der Waals surface area contributed by atoms with E-state index in [1.807, 2.05) is 43.3 Å². The second-order valence-corrected chi connectivity index (χ2v) is 4.94. The van der Waals surface area contributed by atoms with Crippen molar-refractivity contribution < 1.29 is 4.74 Å². The minimum atomic E-state index is 0.555. The number of nitrogens with zero attached hydrogens (tertiary/aromatic N) is 2. The van der Waals surface area contributed by atoms with Crippen molar-refractivity contribution >= 4 is 10.8 Å². The Hall–Kier alpha value is -2.42.